The molecule has 0 aliphatic carbocycles. The molecule has 0 saturated carbocycles. The van der Waals surface area contributed by atoms with Gasteiger partial charge in [0.2, 0.25) is 0 Å². The normalized spacial score (nSPS) is 19.7. The summed E-state index contributed by atoms with van der Waals surface area (Å²) in [5.74, 6) is 0. The molecule has 1 atom stereocenters. The fourth-order valence-electron chi connectivity index (χ4n) is 1.81. The van der Waals surface area contributed by atoms with Crippen LogP contribution in [0.25, 0.3) is 0 Å². The third-order valence-corrected chi connectivity index (χ3v) is 2.97. The Kier molecular flexibility index (Phi) is 11.4. The summed E-state index contributed by atoms with van der Waals surface area (Å²) in [6, 6.07) is 0. The van der Waals surface area contributed by atoms with Gasteiger partial charge in [-0.15, -0.1) is 0 Å². The maximum atomic E-state index is 5.58. The Morgan fingerprint density at radius 1 is 1.00 bits per heavy atom. The van der Waals surface area contributed by atoms with Crippen LogP contribution >= 0.6 is 0 Å². The van der Waals surface area contributed by atoms with E-state index in [0.717, 1.165) is 45.8 Å². The van der Waals surface area contributed by atoms with E-state index in [-0.39, 0.29) is 0 Å². The minimum Gasteiger partial charge on any atom is -0.379 e. The maximum absolute atomic E-state index is 5.58. The highest BCUT2D eigenvalue weighted by Crippen LogP contribution is 2.01. The highest BCUT2D eigenvalue weighted by atomic mass is 16.5. The Balaban J connectivity index is 1.71. The molecule has 0 amide bonds. The van der Waals surface area contributed by atoms with Gasteiger partial charge in [0.05, 0.1) is 39.1 Å². The summed E-state index contributed by atoms with van der Waals surface area (Å²) in [6.07, 6.45) is 3.56. The number of hydrogen-bond acceptors (Lipinski definition) is 5. The summed E-state index contributed by atoms with van der Waals surface area (Å²) in [5.41, 5.74) is 0. The van der Waals surface area contributed by atoms with Gasteiger partial charge in [-0.05, 0) is 12.8 Å². The van der Waals surface area contributed by atoms with Gasteiger partial charge in [-0.3, -0.25) is 0 Å². The molecule has 19 heavy (non-hydrogen) atoms. The third kappa shape index (κ3) is 10.3. The van der Waals surface area contributed by atoms with Crippen molar-refractivity contribution in [1.29, 1.82) is 0 Å². The van der Waals surface area contributed by atoms with Gasteiger partial charge < -0.3 is 24.3 Å². The lowest BCUT2D eigenvalue weighted by molar-refractivity contribution is -0.0132. The Labute approximate surface area is 116 Å². The molecule has 1 saturated heterocycles. The van der Waals surface area contributed by atoms with Crippen molar-refractivity contribution in [2.24, 2.45) is 0 Å². The molecule has 5 nitrogen and oxygen atoms in total. The average Bonchev–Trinajstić information content (AvgIpc) is 2.46. The zero-order valence-electron chi connectivity index (χ0n) is 12.2. The van der Waals surface area contributed by atoms with Crippen molar-refractivity contribution in [1.82, 2.24) is 5.32 Å². The van der Waals surface area contributed by atoms with Crippen molar-refractivity contribution < 1.29 is 18.9 Å². The van der Waals surface area contributed by atoms with Crippen LogP contribution in [0.2, 0.25) is 0 Å². The monoisotopic (exact) mass is 275 g/mol. The first-order chi connectivity index (χ1) is 9.43. The molecule has 0 radical (unpaired) electrons. The summed E-state index contributed by atoms with van der Waals surface area (Å²) in [6.45, 7) is 9.08. The lowest BCUT2D eigenvalue weighted by atomic mass is 10.2. The van der Waals surface area contributed by atoms with Crippen LogP contribution < -0.4 is 5.32 Å². The molecule has 1 unspecified atom stereocenters. The van der Waals surface area contributed by atoms with Crippen molar-refractivity contribution in [3.63, 3.8) is 0 Å². The van der Waals surface area contributed by atoms with E-state index in [2.05, 4.69) is 12.2 Å². The molecule has 0 aromatic rings. The van der Waals surface area contributed by atoms with Crippen molar-refractivity contribution >= 4 is 0 Å². The van der Waals surface area contributed by atoms with Crippen LogP contribution in [-0.4, -0.2) is 65.4 Å². The molecule has 0 aromatic heterocycles. The highest BCUT2D eigenvalue weighted by Gasteiger charge is 2.12. The van der Waals surface area contributed by atoms with Crippen molar-refractivity contribution in [3.05, 3.63) is 0 Å². The number of rotatable bonds is 12. The first-order valence-electron chi connectivity index (χ1n) is 7.49. The van der Waals surface area contributed by atoms with Crippen LogP contribution in [0.5, 0.6) is 0 Å². The summed E-state index contributed by atoms with van der Waals surface area (Å²) in [7, 11) is 0. The van der Waals surface area contributed by atoms with Crippen LogP contribution in [0.4, 0.5) is 0 Å². The number of hydrogen-bond donors (Lipinski definition) is 1. The largest absolute Gasteiger partial charge is 0.379 e. The van der Waals surface area contributed by atoms with Crippen LogP contribution in [0.3, 0.4) is 0 Å². The molecule has 1 aliphatic rings. The first-order valence-corrected chi connectivity index (χ1v) is 7.49. The molecule has 0 spiro atoms. The van der Waals surface area contributed by atoms with Crippen LogP contribution in [0.15, 0.2) is 0 Å². The second-order valence-corrected chi connectivity index (χ2v) is 4.68. The predicted molar refractivity (Wildman–Crippen MR) is 74.6 cm³/mol. The van der Waals surface area contributed by atoms with Gasteiger partial charge in [-0.25, -0.2) is 0 Å². The molecule has 0 bridgehead atoms. The summed E-state index contributed by atoms with van der Waals surface area (Å²) in [5, 5.41) is 3.31. The zero-order chi connectivity index (χ0) is 13.6. The van der Waals surface area contributed by atoms with Crippen molar-refractivity contribution in [3.8, 4) is 0 Å². The summed E-state index contributed by atoms with van der Waals surface area (Å²) in [4.78, 5) is 0. The average molecular weight is 275 g/mol. The number of unbranched alkanes of at least 4 members (excludes halogenated alkanes) is 1. The molecular formula is C14H29NO4. The van der Waals surface area contributed by atoms with Gasteiger partial charge in [-0.2, -0.15) is 0 Å². The number of morpholine rings is 1. The smallest absolute Gasteiger partial charge is 0.0722 e. The summed E-state index contributed by atoms with van der Waals surface area (Å²) >= 11 is 0. The highest BCUT2D eigenvalue weighted by molar-refractivity contribution is 4.66. The third-order valence-electron chi connectivity index (χ3n) is 2.97. The Morgan fingerprint density at radius 2 is 1.68 bits per heavy atom. The molecule has 1 heterocycles. The van der Waals surface area contributed by atoms with E-state index in [4.69, 9.17) is 18.9 Å². The van der Waals surface area contributed by atoms with Crippen LogP contribution in [0.1, 0.15) is 26.2 Å². The van der Waals surface area contributed by atoms with Crippen LogP contribution in [-0.2, 0) is 18.9 Å². The van der Waals surface area contributed by atoms with Gasteiger partial charge in [0.15, 0.2) is 0 Å². The van der Waals surface area contributed by atoms with Gasteiger partial charge in [0.25, 0.3) is 0 Å². The Hall–Kier alpha value is -0.200. The zero-order valence-corrected chi connectivity index (χ0v) is 12.2. The maximum Gasteiger partial charge on any atom is 0.0722 e. The summed E-state index contributed by atoms with van der Waals surface area (Å²) < 4.78 is 21.9. The van der Waals surface area contributed by atoms with E-state index in [1.165, 1.54) is 6.42 Å². The van der Waals surface area contributed by atoms with Crippen LogP contribution in [0, 0.1) is 0 Å². The Morgan fingerprint density at radius 3 is 2.32 bits per heavy atom. The second-order valence-electron chi connectivity index (χ2n) is 4.68. The van der Waals surface area contributed by atoms with Crippen molar-refractivity contribution in [2.45, 2.75) is 32.3 Å². The Bertz CT molecular complexity index is 186. The molecule has 1 aliphatic heterocycles. The molecule has 114 valence electrons. The predicted octanol–water partition coefficient (Wildman–Crippen LogP) is 1.21. The molecule has 0 aromatic carbocycles. The standard InChI is InChI=1S/C14H29NO4/c1-2-3-6-16-9-11-18-12-10-17-7-4-14-13-15-5-8-19-14/h14-15H,2-13H2,1H3. The van der Waals surface area contributed by atoms with Gasteiger partial charge in [-0.1, -0.05) is 13.3 Å². The minimum absolute atomic E-state index is 0.307. The van der Waals surface area contributed by atoms with E-state index in [1.807, 2.05) is 0 Å². The van der Waals surface area contributed by atoms with E-state index in [1.54, 1.807) is 0 Å². The van der Waals surface area contributed by atoms with E-state index >= 15 is 0 Å². The molecular weight excluding hydrogens is 246 g/mol. The van der Waals surface area contributed by atoms with Gasteiger partial charge >= 0.3 is 0 Å². The lowest BCUT2D eigenvalue weighted by Gasteiger charge is -2.23. The van der Waals surface area contributed by atoms with Crippen molar-refractivity contribution in [2.75, 3.05) is 59.3 Å². The molecule has 5 heteroatoms. The topological polar surface area (TPSA) is 49.0 Å². The lowest BCUT2D eigenvalue weighted by Crippen LogP contribution is -2.39. The SMILES string of the molecule is CCCCOCCOCCOCCC1CNCCO1. The second kappa shape index (κ2) is 12.8. The van der Waals surface area contributed by atoms with E-state index in [0.29, 0.717) is 32.5 Å². The van der Waals surface area contributed by atoms with Gasteiger partial charge in [0.1, 0.15) is 0 Å². The fraction of sp³-hybridized carbons (Fsp3) is 1.00. The fourth-order valence-corrected chi connectivity index (χ4v) is 1.81. The first kappa shape index (κ1) is 16.9. The molecule has 1 rings (SSSR count). The van der Waals surface area contributed by atoms with E-state index in [9.17, 15) is 0 Å². The molecule has 1 N–H and O–H groups in total. The minimum atomic E-state index is 0.307. The van der Waals surface area contributed by atoms with E-state index < -0.39 is 0 Å². The molecule has 1 fully saturated rings. The number of ether oxygens (including phenoxy) is 4. The quantitative estimate of drug-likeness (QED) is 0.543. The van der Waals surface area contributed by atoms with Gasteiger partial charge in [0, 0.05) is 26.3 Å². The number of nitrogens with one attached hydrogen (secondary N) is 1.